The van der Waals surface area contributed by atoms with Gasteiger partial charge in [0.05, 0.1) is 11.4 Å². The normalized spacial score (nSPS) is 10.4. The maximum Gasteiger partial charge on any atom is 0.225 e. The average Bonchev–Trinajstić information content (AvgIpc) is 2.45. The van der Waals surface area contributed by atoms with Gasteiger partial charge in [0.2, 0.25) is 5.91 Å². The van der Waals surface area contributed by atoms with Crippen molar-refractivity contribution in [1.29, 1.82) is 0 Å². The third-order valence-electron chi connectivity index (χ3n) is 2.70. The molecule has 2 aromatic carbocycles. The second kappa shape index (κ2) is 7.59. The van der Waals surface area contributed by atoms with E-state index in [0.717, 1.165) is 4.90 Å². The number of benzene rings is 2. The Morgan fingerprint density at radius 2 is 1.76 bits per heavy atom. The first kappa shape index (κ1) is 16.0. The lowest BCUT2D eigenvalue weighted by atomic mass is 10.2. The molecule has 0 aliphatic carbocycles. The van der Waals surface area contributed by atoms with E-state index in [9.17, 15) is 4.79 Å². The molecule has 0 fully saturated rings. The molecule has 0 bridgehead atoms. The van der Waals surface area contributed by atoms with Gasteiger partial charge in [-0.2, -0.15) is 0 Å². The van der Waals surface area contributed by atoms with Crippen LogP contribution in [-0.2, 0) is 4.79 Å². The molecule has 0 aliphatic heterocycles. The summed E-state index contributed by atoms with van der Waals surface area (Å²) in [6.07, 6.45) is 0.388. The van der Waals surface area contributed by atoms with Gasteiger partial charge in [0, 0.05) is 27.1 Å². The Bertz CT molecular complexity index is 632. The largest absolute Gasteiger partial charge is 0.397 e. The van der Waals surface area contributed by atoms with E-state index in [1.807, 2.05) is 24.3 Å². The van der Waals surface area contributed by atoms with Crippen LogP contribution in [0.2, 0.25) is 10.0 Å². The second-order valence-corrected chi connectivity index (χ2v) is 6.37. The third kappa shape index (κ3) is 5.16. The Labute approximate surface area is 137 Å². The molecule has 3 nitrogen and oxygen atoms in total. The topological polar surface area (TPSA) is 55.1 Å². The standard InChI is InChI=1S/C15H14Cl2N2OS/c16-10-1-4-12(5-2-10)21-8-7-15(20)19-14-9-11(17)3-6-13(14)18/h1-6,9H,7-8,18H2,(H,19,20). The summed E-state index contributed by atoms with van der Waals surface area (Å²) in [5.74, 6) is 0.582. The second-order valence-electron chi connectivity index (χ2n) is 4.33. The van der Waals surface area contributed by atoms with Gasteiger partial charge in [0.1, 0.15) is 0 Å². The lowest BCUT2D eigenvalue weighted by Crippen LogP contribution is -2.13. The zero-order valence-electron chi connectivity index (χ0n) is 11.1. The summed E-state index contributed by atoms with van der Waals surface area (Å²) < 4.78 is 0. The Kier molecular flexibility index (Phi) is 5.79. The molecule has 21 heavy (non-hydrogen) atoms. The molecule has 0 spiro atoms. The summed E-state index contributed by atoms with van der Waals surface area (Å²) in [6.45, 7) is 0. The van der Waals surface area contributed by atoms with Gasteiger partial charge in [-0.1, -0.05) is 23.2 Å². The summed E-state index contributed by atoms with van der Waals surface area (Å²) in [5, 5.41) is 4.00. The highest BCUT2D eigenvalue weighted by Gasteiger charge is 2.06. The van der Waals surface area contributed by atoms with Gasteiger partial charge in [-0.15, -0.1) is 11.8 Å². The molecule has 110 valence electrons. The minimum Gasteiger partial charge on any atom is -0.397 e. The highest BCUT2D eigenvalue weighted by atomic mass is 35.5. The number of nitrogens with one attached hydrogen (secondary N) is 1. The molecule has 0 aromatic heterocycles. The zero-order valence-corrected chi connectivity index (χ0v) is 13.4. The van der Waals surface area contributed by atoms with Gasteiger partial charge >= 0.3 is 0 Å². The molecule has 0 unspecified atom stereocenters. The number of halogens is 2. The van der Waals surface area contributed by atoms with E-state index >= 15 is 0 Å². The summed E-state index contributed by atoms with van der Waals surface area (Å²) in [5.41, 5.74) is 6.82. The molecule has 0 atom stereocenters. The number of carbonyl (C=O) groups excluding carboxylic acids is 1. The molecule has 0 radical (unpaired) electrons. The first-order valence-corrected chi connectivity index (χ1v) is 8.02. The smallest absolute Gasteiger partial charge is 0.225 e. The SMILES string of the molecule is Nc1ccc(Cl)cc1NC(=O)CCSc1ccc(Cl)cc1. The van der Waals surface area contributed by atoms with Crippen LogP contribution in [0.3, 0.4) is 0 Å². The van der Waals surface area contributed by atoms with Crippen LogP contribution in [0.25, 0.3) is 0 Å². The number of nitrogen functional groups attached to an aromatic ring is 1. The Balaban J connectivity index is 1.82. The molecule has 0 saturated carbocycles. The number of thioether (sulfide) groups is 1. The molecule has 2 aromatic rings. The fourth-order valence-corrected chi connectivity index (χ4v) is 2.79. The quantitative estimate of drug-likeness (QED) is 0.612. The molecular formula is C15H14Cl2N2OS. The number of nitrogens with two attached hydrogens (primary N) is 1. The van der Waals surface area contributed by atoms with E-state index in [4.69, 9.17) is 28.9 Å². The summed E-state index contributed by atoms with van der Waals surface area (Å²) in [6, 6.07) is 12.5. The third-order valence-corrected chi connectivity index (χ3v) is 4.20. The maximum atomic E-state index is 11.9. The highest BCUT2D eigenvalue weighted by molar-refractivity contribution is 7.99. The van der Waals surface area contributed by atoms with E-state index in [0.29, 0.717) is 33.6 Å². The van der Waals surface area contributed by atoms with Crippen molar-refractivity contribution >= 4 is 52.2 Å². The monoisotopic (exact) mass is 340 g/mol. The number of hydrogen-bond acceptors (Lipinski definition) is 3. The zero-order chi connectivity index (χ0) is 15.2. The van der Waals surface area contributed by atoms with Crippen LogP contribution in [0.15, 0.2) is 47.4 Å². The Hall–Kier alpha value is -1.36. The number of carbonyl (C=O) groups is 1. The predicted molar refractivity (Wildman–Crippen MR) is 91.3 cm³/mol. The number of amides is 1. The van der Waals surface area contributed by atoms with Gasteiger partial charge in [-0.05, 0) is 42.5 Å². The fraction of sp³-hybridized carbons (Fsp3) is 0.133. The fourth-order valence-electron chi connectivity index (χ4n) is 1.64. The van der Waals surface area contributed by atoms with Crippen molar-refractivity contribution in [2.24, 2.45) is 0 Å². The molecule has 6 heteroatoms. The molecule has 0 heterocycles. The first-order chi connectivity index (χ1) is 10.0. The maximum absolute atomic E-state index is 11.9. The van der Waals surface area contributed by atoms with Crippen LogP contribution in [-0.4, -0.2) is 11.7 Å². The lowest BCUT2D eigenvalue weighted by Gasteiger charge is -2.08. The van der Waals surface area contributed by atoms with E-state index in [2.05, 4.69) is 5.32 Å². The van der Waals surface area contributed by atoms with Gasteiger partial charge in [0.25, 0.3) is 0 Å². The van der Waals surface area contributed by atoms with Crippen LogP contribution < -0.4 is 11.1 Å². The molecule has 0 aliphatic rings. The van der Waals surface area contributed by atoms with E-state index < -0.39 is 0 Å². The Morgan fingerprint density at radius 3 is 2.48 bits per heavy atom. The van der Waals surface area contributed by atoms with Gasteiger partial charge in [0.15, 0.2) is 0 Å². The van der Waals surface area contributed by atoms with Gasteiger partial charge in [-0.3, -0.25) is 4.79 Å². The minimum absolute atomic E-state index is 0.0922. The average molecular weight is 341 g/mol. The first-order valence-electron chi connectivity index (χ1n) is 6.28. The van der Waals surface area contributed by atoms with Crippen molar-refractivity contribution in [3.63, 3.8) is 0 Å². The number of anilines is 2. The van der Waals surface area contributed by atoms with Crippen LogP contribution in [0.5, 0.6) is 0 Å². The van der Waals surface area contributed by atoms with E-state index in [1.165, 1.54) is 0 Å². The van der Waals surface area contributed by atoms with Crippen LogP contribution in [0.1, 0.15) is 6.42 Å². The Morgan fingerprint density at radius 1 is 1.10 bits per heavy atom. The summed E-state index contributed by atoms with van der Waals surface area (Å²) >= 11 is 13.3. The van der Waals surface area contributed by atoms with E-state index in [1.54, 1.807) is 30.0 Å². The van der Waals surface area contributed by atoms with Crippen LogP contribution in [0, 0.1) is 0 Å². The highest BCUT2D eigenvalue weighted by Crippen LogP contribution is 2.24. The number of hydrogen-bond donors (Lipinski definition) is 2. The number of rotatable bonds is 5. The van der Waals surface area contributed by atoms with Crippen LogP contribution >= 0.6 is 35.0 Å². The van der Waals surface area contributed by atoms with Gasteiger partial charge < -0.3 is 11.1 Å². The van der Waals surface area contributed by atoms with Crippen LogP contribution in [0.4, 0.5) is 11.4 Å². The van der Waals surface area contributed by atoms with Crippen molar-refractivity contribution in [2.75, 3.05) is 16.8 Å². The molecule has 1 amide bonds. The van der Waals surface area contributed by atoms with Crippen molar-refractivity contribution in [1.82, 2.24) is 0 Å². The molecule has 2 rings (SSSR count). The summed E-state index contributed by atoms with van der Waals surface area (Å²) in [7, 11) is 0. The lowest BCUT2D eigenvalue weighted by molar-refractivity contribution is -0.115. The van der Waals surface area contributed by atoms with Gasteiger partial charge in [-0.25, -0.2) is 0 Å². The molecule has 3 N–H and O–H groups in total. The summed E-state index contributed by atoms with van der Waals surface area (Å²) in [4.78, 5) is 13.0. The molecule has 0 saturated heterocycles. The van der Waals surface area contributed by atoms with Crippen molar-refractivity contribution in [3.05, 3.63) is 52.5 Å². The van der Waals surface area contributed by atoms with Crippen molar-refractivity contribution < 1.29 is 4.79 Å². The van der Waals surface area contributed by atoms with E-state index in [-0.39, 0.29) is 5.91 Å². The minimum atomic E-state index is -0.0922. The van der Waals surface area contributed by atoms with Crippen molar-refractivity contribution in [2.45, 2.75) is 11.3 Å². The van der Waals surface area contributed by atoms with Crippen molar-refractivity contribution in [3.8, 4) is 0 Å². The predicted octanol–water partition coefficient (Wildman–Crippen LogP) is 4.70. The molecular weight excluding hydrogens is 327 g/mol.